The molecule has 2 aromatic rings. The second-order valence-corrected chi connectivity index (χ2v) is 8.82. The lowest BCUT2D eigenvalue weighted by atomic mass is 10.00. The van der Waals surface area contributed by atoms with Crippen molar-refractivity contribution in [1.29, 1.82) is 0 Å². The molecule has 5 nitrogen and oxygen atoms in total. The first kappa shape index (κ1) is 20.5. The van der Waals surface area contributed by atoms with E-state index in [1.807, 2.05) is 4.68 Å². The summed E-state index contributed by atoms with van der Waals surface area (Å²) >= 11 is 0. The van der Waals surface area contributed by atoms with E-state index in [0.717, 1.165) is 25.3 Å². The molecular formula is C24H36N4O. The third kappa shape index (κ3) is 5.89. The van der Waals surface area contributed by atoms with Gasteiger partial charge in [-0.05, 0) is 89.1 Å². The van der Waals surface area contributed by atoms with E-state index in [-0.39, 0.29) is 6.10 Å². The molecule has 2 aliphatic rings. The first-order valence-electron chi connectivity index (χ1n) is 11.6. The Morgan fingerprint density at radius 1 is 1.07 bits per heavy atom. The first-order chi connectivity index (χ1) is 14.3. The van der Waals surface area contributed by atoms with Crippen molar-refractivity contribution in [3.63, 3.8) is 0 Å². The average Bonchev–Trinajstić information content (AvgIpc) is 3.21. The highest BCUT2D eigenvalue weighted by Gasteiger charge is 2.16. The molecule has 5 heteroatoms. The number of nitrogens with zero attached hydrogens (tertiary/aromatic N) is 4. The monoisotopic (exact) mass is 396 g/mol. The van der Waals surface area contributed by atoms with Crippen LogP contribution in [0.1, 0.15) is 62.5 Å². The Labute approximate surface area is 175 Å². The molecule has 1 atom stereocenters. The third-order valence-corrected chi connectivity index (χ3v) is 6.41. The fourth-order valence-corrected chi connectivity index (χ4v) is 4.69. The van der Waals surface area contributed by atoms with Crippen LogP contribution in [0.25, 0.3) is 11.3 Å². The summed E-state index contributed by atoms with van der Waals surface area (Å²) in [5.41, 5.74) is 4.89. The van der Waals surface area contributed by atoms with Crippen LogP contribution in [0, 0.1) is 6.92 Å². The highest BCUT2D eigenvalue weighted by Crippen LogP contribution is 2.23. The van der Waals surface area contributed by atoms with Gasteiger partial charge in [-0.3, -0.25) is 0 Å². The minimum atomic E-state index is 0.284. The number of aryl methyl sites for hydroxylation is 2. The second-order valence-electron chi connectivity index (χ2n) is 8.82. The molecule has 0 saturated carbocycles. The fourth-order valence-electron chi connectivity index (χ4n) is 4.69. The van der Waals surface area contributed by atoms with Gasteiger partial charge < -0.3 is 9.64 Å². The third-order valence-electron chi connectivity index (χ3n) is 6.41. The van der Waals surface area contributed by atoms with Crippen LogP contribution in [0.4, 0.5) is 0 Å². The summed E-state index contributed by atoms with van der Waals surface area (Å²) in [6.45, 7) is 7.76. The largest absolute Gasteiger partial charge is 0.376 e. The number of ether oxygens (including phenoxy) is 1. The minimum Gasteiger partial charge on any atom is -0.376 e. The Morgan fingerprint density at radius 2 is 1.97 bits per heavy atom. The van der Waals surface area contributed by atoms with Gasteiger partial charge in [-0.25, -0.2) is 4.68 Å². The molecule has 3 heterocycles. The van der Waals surface area contributed by atoms with Crippen LogP contribution < -0.4 is 0 Å². The van der Waals surface area contributed by atoms with Crippen molar-refractivity contribution in [2.24, 2.45) is 0 Å². The van der Waals surface area contributed by atoms with E-state index in [1.54, 1.807) is 0 Å². The van der Waals surface area contributed by atoms with Crippen LogP contribution in [0.15, 0.2) is 24.4 Å². The van der Waals surface area contributed by atoms with Crippen molar-refractivity contribution in [2.75, 3.05) is 26.2 Å². The van der Waals surface area contributed by atoms with Gasteiger partial charge in [0.1, 0.15) is 5.69 Å². The van der Waals surface area contributed by atoms with Gasteiger partial charge in [0.25, 0.3) is 0 Å². The Hall–Kier alpha value is -1.72. The number of unbranched alkanes of at least 4 members (excludes halogenated alkanes) is 1. The van der Waals surface area contributed by atoms with E-state index < -0.39 is 0 Å². The summed E-state index contributed by atoms with van der Waals surface area (Å²) in [5.74, 6) is 0. The fraction of sp³-hybridized carbons (Fsp3) is 0.667. The zero-order chi connectivity index (χ0) is 19.9. The molecule has 0 amide bonds. The van der Waals surface area contributed by atoms with Crippen LogP contribution in [0.5, 0.6) is 0 Å². The van der Waals surface area contributed by atoms with E-state index >= 15 is 0 Å². The van der Waals surface area contributed by atoms with Gasteiger partial charge >= 0.3 is 0 Å². The van der Waals surface area contributed by atoms with Crippen molar-refractivity contribution in [2.45, 2.75) is 77.4 Å². The normalized spacial score (nSPS) is 20.8. The number of piperidine rings is 1. The highest BCUT2D eigenvalue weighted by atomic mass is 16.5. The summed E-state index contributed by atoms with van der Waals surface area (Å²) in [5, 5.41) is 8.76. The maximum atomic E-state index is 5.83. The quantitative estimate of drug-likeness (QED) is 0.610. The van der Waals surface area contributed by atoms with Gasteiger partial charge in [0.15, 0.2) is 0 Å². The number of rotatable bonds is 8. The topological polar surface area (TPSA) is 43.2 Å². The summed E-state index contributed by atoms with van der Waals surface area (Å²) in [7, 11) is 0. The molecule has 0 radical (unpaired) electrons. The van der Waals surface area contributed by atoms with Crippen LogP contribution >= 0.6 is 0 Å². The number of hydrogen-bond donors (Lipinski definition) is 0. The molecule has 0 aliphatic carbocycles. The van der Waals surface area contributed by atoms with Crippen molar-refractivity contribution in [3.8, 4) is 11.3 Å². The summed E-state index contributed by atoms with van der Waals surface area (Å²) < 4.78 is 7.77. The number of benzene rings is 1. The maximum Gasteiger partial charge on any atom is 0.113 e. The van der Waals surface area contributed by atoms with Crippen molar-refractivity contribution in [1.82, 2.24) is 19.9 Å². The second kappa shape index (κ2) is 10.4. The Balaban J connectivity index is 1.28. The maximum absolute atomic E-state index is 5.83. The molecule has 2 saturated heterocycles. The molecule has 0 N–H and O–H groups in total. The predicted octanol–water partition coefficient (Wildman–Crippen LogP) is 4.63. The number of likely N-dealkylation sites (tertiary alicyclic amines) is 1. The SMILES string of the molecule is Cc1cc(CCCCN2CCCCC2)ccc1-c1cn(CC2CCCCO2)nn1. The smallest absolute Gasteiger partial charge is 0.113 e. The first-order valence-corrected chi connectivity index (χ1v) is 11.6. The summed E-state index contributed by atoms with van der Waals surface area (Å²) in [6, 6.07) is 6.83. The molecule has 1 aromatic carbocycles. The zero-order valence-electron chi connectivity index (χ0n) is 18.0. The molecule has 1 unspecified atom stereocenters. The van der Waals surface area contributed by atoms with E-state index in [0.29, 0.717) is 0 Å². The standard InChI is InChI=1S/C24H36N4O/c1-20-17-21(9-3-7-15-27-13-5-2-6-14-27)11-12-23(20)24-19-28(26-25-24)18-22-10-4-8-16-29-22/h11-12,17,19,22H,2-10,13-16,18H2,1H3. The molecule has 158 valence electrons. The van der Waals surface area contributed by atoms with Crippen LogP contribution in [0.3, 0.4) is 0 Å². The Bertz CT molecular complexity index is 760. The minimum absolute atomic E-state index is 0.284. The van der Waals surface area contributed by atoms with E-state index in [1.165, 1.54) is 87.7 Å². The van der Waals surface area contributed by atoms with E-state index in [2.05, 4.69) is 46.5 Å². The van der Waals surface area contributed by atoms with Gasteiger partial charge in [-0.2, -0.15) is 0 Å². The molecule has 4 rings (SSSR count). The van der Waals surface area contributed by atoms with Crippen LogP contribution in [-0.2, 0) is 17.7 Å². The highest BCUT2D eigenvalue weighted by molar-refractivity contribution is 5.62. The lowest BCUT2D eigenvalue weighted by Crippen LogP contribution is -2.30. The van der Waals surface area contributed by atoms with Crippen LogP contribution in [0.2, 0.25) is 0 Å². The molecule has 29 heavy (non-hydrogen) atoms. The van der Waals surface area contributed by atoms with Crippen molar-refractivity contribution in [3.05, 3.63) is 35.5 Å². The predicted molar refractivity (Wildman–Crippen MR) is 117 cm³/mol. The number of aromatic nitrogens is 3. The summed E-state index contributed by atoms with van der Waals surface area (Å²) in [6.07, 6.45) is 13.9. The molecule has 0 spiro atoms. The van der Waals surface area contributed by atoms with Gasteiger partial charge in [0.2, 0.25) is 0 Å². The lowest BCUT2D eigenvalue weighted by molar-refractivity contribution is 0.00370. The molecule has 1 aromatic heterocycles. The average molecular weight is 397 g/mol. The summed E-state index contributed by atoms with van der Waals surface area (Å²) in [4.78, 5) is 2.64. The van der Waals surface area contributed by atoms with Crippen LogP contribution in [-0.4, -0.2) is 52.2 Å². The van der Waals surface area contributed by atoms with Crippen molar-refractivity contribution < 1.29 is 4.74 Å². The Morgan fingerprint density at radius 3 is 2.76 bits per heavy atom. The van der Waals surface area contributed by atoms with E-state index in [4.69, 9.17) is 4.74 Å². The molecule has 0 bridgehead atoms. The zero-order valence-corrected chi connectivity index (χ0v) is 18.0. The molecule has 2 aliphatic heterocycles. The van der Waals surface area contributed by atoms with Gasteiger partial charge in [-0.1, -0.05) is 29.8 Å². The number of hydrogen-bond acceptors (Lipinski definition) is 4. The van der Waals surface area contributed by atoms with Gasteiger partial charge in [0, 0.05) is 12.2 Å². The van der Waals surface area contributed by atoms with Crippen molar-refractivity contribution >= 4 is 0 Å². The van der Waals surface area contributed by atoms with Gasteiger partial charge in [0.05, 0.1) is 18.8 Å². The van der Waals surface area contributed by atoms with Gasteiger partial charge in [-0.15, -0.1) is 5.10 Å². The molecular weight excluding hydrogens is 360 g/mol. The Kier molecular flexibility index (Phi) is 7.33. The van der Waals surface area contributed by atoms with E-state index in [9.17, 15) is 0 Å². The lowest BCUT2D eigenvalue weighted by Gasteiger charge is -2.26. The molecule has 2 fully saturated rings.